The van der Waals surface area contributed by atoms with E-state index in [0.29, 0.717) is 0 Å². The van der Waals surface area contributed by atoms with Crippen molar-refractivity contribution in [3.8, 4) is 27.9 Å². The highest BCUT2D eigenvalue weighted by Gasteiger charge is 2.40. The third kappa shape index (κ3) is 5.17. The maximum Gasteiger partial charge on any atom is 0.0563 e. The Morgan fingerprint density at radius 1 is 0.528 bits per heavy atom. The van der Waals surface area contributed by atoms with Gasteiger partial charge in [-0.2, -0.15) is 0 Å². The number of aromatic nitrogens is 1. The minimum absolute atomic E-state index is 0.0554. The molecule has 0 spiro atoms. The summed E-state index contributed by atoms with van der Waals surface area (Å²) in [6, 6.07) is 64.4. The molecule has 254 valence electrons. The summed E-state index contributed by atoms with van der Waals surface area (Å²) >= 11 is 0. The van der Waals surface area contributed by atoms with E-state index in [1.165, 1.54) is 83.4 Å². The minimum Gasteiger partial charge on any atom is -0.334 e. The fourth-order valence-corrected chi connectivity index (χ4v) is 8.91. The normalized spacial score (nSPS) is 15.8. The first-order valence-corrected chi connectivity index (χ1v) is 18.7. The third-order valence-corrected chi connectivity index (χ3v) is 11.5. The van der Waals surface area contributed by atoms with E-state index in [-0.39, 0.29) is 11.5 Å². The number of hydrogen-bond donors (Lipinski definition) is 0. The second-order valence-corrected chi connectivity index (χ2v) is 14.9. The molecule has 53 heavy (non-hydrogen) atoms. The van der Waals surface area contributed by atoms with Gasteiger partial charge in [-0.1, -0.05) is 147 Å². The lowest BCUT2D eigenvalue weighted by molar-refractivity contribution is 0.644. The van der Waals surface area contributed by atoms with Gasteiger partial charge < -0.3 is 9.47 Å². The Morgan fingerprint density at radius 3 is 2.00 bits per heavy atom. The van der Waals surface area contributed by atoms with E-state index in [2.05, 4.69) is 211 Å². The summed E-state index contributed by atoms with van der Waals surface area (Å²) in [7, 11) is 0. The van der Waals surface area contributed by atoms with Crippen molar-refractivity contribution >= 4 is 38.8 Å². The highest BCUT2D eigenvalue weighted by molar-refractivity contribution is 6.10. The van der Waals surface area contributed by atoms with Gasteiger partial charge in [0.1, 0.15) is 0 Å². The first-order chi connectivity index (χ1) is 26.0. The van der Waals surface area contributed by atoms with Crippen LogP contribution in [0.25, 0.3) is 55.3 Å². The van der Waals surface area contributed by atoms with Crippen molar-refractivity contribution in [1.82, 2.24) is 4.57 Å². The Hall–Kier alpha value is -6.38. The van der Waals surface area contributed by atoms with E-state index in [0.717, 1.165) is 6.42 Å². The van der Waals surface area contributed by atoms with E-state index >= 15 is 0 Å². The zero-order valence-electron chi connectivity index (χ0n) is 30.1. The monoisotopic (exact) mass is 680 g/mol. The summed E-state index contributed by atoms with van der Waals surface area (Å²) < 4.78 is 2.38. The second kappa shape index (κ2) is 12.4. The predicted octanol–water partition coefficient (Wildman–Crippen LogP) is 13.3. The number of hydrogen-bond acceptors (Lipinski definition) is 1. The third-order valence-electron chi connectivity index (χ3n) is 11.5. The van der Waals surface area contributed by atoms with Gasteiger partial charge in [0, 0.05) is 33.2 Å². The number of benzene rings is 7. The first-order valence-electron chi connectivity index (χ1n) is 18.7. The van der Waals surface area contributed by atoms with E-state index in [9.17, 15) is 0 Å². The first kappa shape index (κ1) is 31.4. The van der Waals surface area contributed by atoms with Gasteiger partial charge in [0.05, 0.1) is 17.1 Å². The number of fused-ring (bicyclic) bond motifs is 6. The highest BCUT2D eigenvalue weighted by Crippen LogP contribution is 2.52. The molecular weight excluding hydrogens is 641 g/mol. The van der Waals surface area contributed by atoms with Crippen molar-refractivity contribution in [2.45, 2.75) is 31.7 Å². The van der Waals surface area contributed by atoms with Gasteiger partial charge in [-0.3, -0.25) is 0 Å². The molecule has 2 aliphatic rings. The lowest BCUT2D eigenvalue weighted by Crippen LogP contribution is -2.32. The molecule has 0 radical (unpaired) electrons. The quantitative estimate of drug-likeness (QED) is 0.170. The van der Waals surface area contributed by atoms with Crippen LogP contribution >= 0.6 is 0 Å². The molecule has 2 aliphatic carbocycles. The molecule has 8 aromatic rings. The molecule has 2 heteroatoms. The highest BCUT2D eigenvalue weighted by atomic mass is 15.2. The molecule has 0 aliphatic heterocycles. The van der Waals surface area contributed by atoms with Gasteiger partial charge in [-0.25, -0.2) is 0 Å². The fraction of sp³-hybridized carbons (Fsp3) is 0.0980. The summed E-state index contributed by atoms with van der Waals surface area (Å²) in [6.07, 6.45) is 5.97. The van der Waals surface area contributed by atoms with E-state index < -0.39 is 0 Å². The molecule has 1 atom stereocenters. The van der Waals surface area contributed by atoms with Gasteiger partial charge in [0.2, 0.25) is 0 Å². The Labute approximate surface area is 311 Å². The molecule has 10 rings (SSSR count). The maximum atomic E-state index is 2.55. The van der Waals surface area contributed by atoms with Crippen molar-refractivity contribution in [2.75, 3.05) is 4.90 Å². The van der Waals surface area contributed by atoms with Crippen LogP contribution in [0.15, 0.2) is 194 Å². The van der Waals surface area contributed by atoms with Crippen LogP contribution in [0.5, 0.6) is 0 Å². The lowest BCUT2D eigenvalue weighted by atomic mass is 9.79. The zero-order valence-corrected chi connectivity index (χ0v) is 30.1. The molecule has 1 aromatic heterocycles. The number of para-hydroxylation sites is 2. The number of allylic oxidation sites excluding steroid dienone is 2. The summed E-state index contributed by atoms with van der Waals surface area (Å²) in [6.45, 7) is 4.76. The molecular formula is C51H40N2. The lowest BCUT2D eigenvalue weighted by Gasteiger charge is -2.36. The smallest absolute Gasteiger partial charge is 0.0563 e. The van der Waals surface area contributed by atoms with Crippen LogP contribution in [0.2, 0.25) is 0 Å². The van der Waals surface area contributed by atoms with E-state index in [1.807, 2.05) is 0 Å². The van der Waals surface area contributed by atoms with Gasteiger partial charge in [-0.15, -0.1) is 0 Å². The maximum absolute atomic E-state index is 2.55. The van der Waals surface area contributed by atoms with Crippen LogP contribution in [0.1, 0.15) is 31.4 Å². The molecule has 7 aromatic carbocycles. The Bertz CT molecular complexity index is 2710. The topological polar surface area (TPSA) is 8.17 Å². The molecule has 1 unspecified atom stereocenters. The number of rotatable bonds is 6. The molecule has 0 bridgehead atoms. The van der Waals surface area contributed by atoms with Crippen LogP contribution < -0.4 is 4.90 Å². The molecule has 0 saturated carbocycles. The minimum atomic E-state index is -0.0554. The second-order valence-electron chi connectivity index (χ2n) is 14.9. The van der Waals surface area contributed by atoms with Crippen LogP contribution in [-0.2, 0) is 5.41 Å². The zero-order chi connectivity index (χ0) is 35.5. The molecule has 0 fully saturated rings. The summed E-state index contributed by atoms with van der Waals surface area (Å²) in [5, 5.41) is 2.53. The number of anilines is 2. The van der Waals surface area contributed by atoms with Crippen molar-refractivity contribution in [3.05, 3.63) is 205 Å². The van der Waals surface area contributed by atoms with Gasteiger partial charge in [0.25, 0.3) is 0 Å². The Kier molecular flexibility index (Phi) is 7.33. The van der Waals surface area contributed by atoms with Crippen LogP contribution in [0.3, 0.4) is 0 Å². The summed E-state index contributed by atoms with van der Waals surface area (Å²) in [4.78, 5) is 2.55. The van der Waals surface area contributed by atoms with Crippen molar-refractivity contribution in [1.29, 1.82) is 0 Å². The van der Waals surface area contributed by atoms with Crippen molar-refractivity contribution in [2.24, 2.45) is 0 Å². The average molecular weight is 681 g/mol. The van der Waals surface area contributed by atoms with Gasteiger partial charge >= 0.3 is 0 Å². The largest absolute Gasteiger partial charge is 0.334 e. The fourth-order valence-electron chi connectivity index (χ4n) is 8.91. The van der Waals surface area contributed by atoms with Crippen LogP contribution in [-0.4, -0.2) is 10.6 Å². The predicted molar refractivity (Wildman–Crippen MR) is 224 cm³/mol. The van der Waals surface area contributed by atoms with Crippen LogP contribution in [0.4, 0.5) is 11.4 Å². The van der Waals surface area contributed by atoms with Crippen LogP contribution in [0, 0.1) is 0 Å². The van der Waals surface area contributed by atoms with Crippen molar-refractivity contribution < 1.29 is 0 Å². The SMILES string of the molecule is CC1(C)C2=CC(N(c3ccc(-c4ccccc4)cc3)c3cccc(-c4ccc5c(c4)c4ccccc4n5-c4ccccc4)c3)CC=C2c2ccccc21. The molecule has 2 nitrogen and oxygen atoms in total. The standard InChI is InChI=1S/C51H40N2/c1-51(2)47-22-11-9-20-43(47)44-30-29-42(34-48(44)51)52(40-27-24-36(25-28-40)35-14-5-3-6-15-35)41-19-13-16-37(32-41)38-26-31-50-46(33-38)45-21-10-12-23-49(45)53(50)39-17-7-4-8-18-39/h3-28,30-34,42H,29H2,1-2H3. The molecule has 0 saturated heterocycles. The summed E-state index contributed by atoms with van der Waals surface area (Å²) in [5.74, 6) is 0. The van der Waals surface area contributed by atoms with Crippen molar-refractivity contribution in [3.63, 3.8) is 0 Å². The Balaban J connectivity index is 1.09. The average Bonchev–Trinajstić information content (AvgIpc) is 3.67. The van der Waals surface area contributed by atoms with E-state index in [4.69, 9.17) is 0 Å². The molecule has 0 N–H and O–H groups in total. The Morgan fingerprint density at radius 2 is 1.17 bits per heavy atom. The molecule has 0 amide bonds. The van der Waals surface area contributed by atoms with E-state index in [1.54, 1.807) is 0 Å². The van der Waals surface area contributed by atoms with Gasteiger partial charge in [-0.05, 0) is 106 Å². The summed E-state index contributed by atoms with van der Waals surface area (Å²) in [5.41, 5.74) is 16.4. The molecule has 1 heterocycles. The number of nitrogens with zero attached hydrogens (tertiary/aromatic N) is 2. The van der Waals surface area contributed by atoms with Gasteiger partial charge in [0.15, 0.2) is 0 Å².